The monoisotopic (exact) mass is 381 g/mol. The van der Waals surface area contributed by atoms with Gasteiger partial charge in [0.1, 0.15) is 0 Å². The van der Waals surface area contributed by atoms with Crippen LogP contribution in [0.15, 0.2) is 40.2 Å². The van der Waals surface area contributed by atoms with Crippen LogP contribution in [0.2, 0.25) is 0 Å². The lowest BCUT2D eigenvalue weighted by atomic mass is 10.0. The molecule has 1 atom stereocenters. The lowest BCUT2D eigenvalue weighted by Gasteiger charge is -2.34. The van der Waals surface area contributed by atoms with Crippen LogP contribution in [0.4, 0.5) is 5.69 Å². The SMILES string of the molecule is O=[N+]([O-])c1cc([C@H](c2cccs2)N2CCNCC2)ccc1Br. The fourth-order valence-electron chi connectivity index (χ4n) is 2.78. The van der Waals surface area contributed by atoms with Crippen molar-refractivity contribution >= 4 is 33.0 Å². The molecule has 1 aromatic carbocycles. The van der Waals surface area contributed by atoms with E-state index in [0.29, 0.717) is 4.47 Å². The minimum Gasteiger partial charge on any atom is -0.314 e. The summed E-state index contributed by atoms with van der Waals surface area (Å²) in [6.07, 6.45) is 0. The van der Waals surface area contributed by atoms with Crippen LogP contribution in [0.25, 0.3) is 0 Å². The van der Waals surface area contributed by atoms with Crippen LogP contribution >= 0.6 is 27.3 Å². The van der Waals surface area contributed by atoms with Crippen molar-refractivity contribution < 1.29 is 4.92 Å². The first-order valence-electron chi connectivity index (χ1n) is 7.09. The van der Waals surface area contributed by atoms with Gasteiger partial charge in [-0.2, -0.15) is 0 Å². The van der Waals surface area contributed by atoms with E-state index >= 15 is 0 Å². The normalized spacial score (nSPS) is 17.3. The molecule has 1 aliphatic heterocycles. The molecule has 0 saturated carbocycles. The van der Waals surface area contributed by atoms with Gasteiger partial charge in [0.25, 0.3) is 5.69 Å². The first-order chi connectivity index (χ1) is 10.7. The molecule has 1 saturated heterocycles. The molecule has 0 unspecified atom stereocenters. The highest BCUT2D eigenvalue weighted by Gasteiger charge is 2.26. The van der Waals surface area contributed by atoms with Crippen molar-refractivity contribution in [2.45, 2.75) is 6.04 Å². The molecule has 7 heteroatoms. The standard InChI is InChI=1S/C15H16BrN3O2S/c16-12-4-3-11(10-13(12)19(20)21)15(14-2-1-9-22-14)18-7-5-17-6-8-18/h1-4,9-10,15,17H,5-8H2/t15-/m1/s1. The van der Waals surface area contributed by atoms with Gasteiger partial charge in [-0.05, 0) is 39.0 Å². The number of thiophene rings is 1. The van der Waals surface area contributed by atoms with Crippen LogP contribution < -0.4 is 5.32 Å². The van der Waals surface area contributed by atoms with E-state index in [1.165, 1.54) is 4.88 Å². The highest BCUT2D eigenvalue weighted by atomic mass is 79.9. The zero-order valence-corrected chi connectivity index (χ0v) is 14.3. The Balaban J connectivity index is 2.02. The molecule has 5 nitrogen and oxygen atoms in total. The number of hydrogen-bond donors (Lipinski definition) is 1. The number of piperazine rings is 1. The maximum absolute atomic E-state index is 11.2. The van der Waals surface area contributed by atoms with Gasteiger partial charge < -0.3 is 5.32 Å². The van der Waals surface area contributed by atoms with E-state index in [9.17, 15) is 10.1 Å². The summed E-state index contributed by atoms with van der Waals surface area (Å²) in [4.78, 5) is 14.5. The van der Waals surface area contributed by atoms with Crippen LogP contribution in [-0.2, 0) is 0 Å². The second kappa shape index (κ2) is 6.87. The Bertz CT molecular complexity index is 657. The summed E-state index contributed by atoms with van der Waals surface area (Å²) in [6, 6.07) is 9.65. The quantitative estimate of drug-likeness (QED) is 0.651. The Kier molecular flexibility index (Phi) is 4.87. The summed E-state index contributed by atoms with van der Waals surface area (Å²) in [7, 11) is 0. The number of hydrogen-bond acceptors (Lipinski definition) is 5. The first-order valence-corrected chi connectivity index (χ1v) is 8.76. The van der Waals surface area contributed by atoms with E-state index < -0.39 is 0 Å². The predicted octanol–water partition coefficient (Wildman–Crippen LogP) is 3.41. The van der Waals surface area contributed by atoms with Gasteiger partial charge in [-0.15, -0.1) is 11.3 Å². The number of rotatable bonds is 4. The van der Waals surface area contributed by atoms with Gasteiger partial charge in [-0.25, -0.2) is 0 Å². The topological polar surface area (TPSA) is 58.4 Å². The Morgan fingerprint density at radius 2 is 2.09 bits per heavy atom. The third-order valence-corrected chi connectivity index (χ3v) is 5.41. The number of nitro groups is 1. The Hall–Kier alpha value is -1.28. The Labute approximate surface area is 141 Å². The van der Waals surface area contributed by atoms with Crippen LogP contribution in [0.5, 0.6) is 0 Å². The summed E-state index contributed by atoms with van der Waals surface area (Å²) < 4.78 is 0.520. The van der Waals surface area contributed by atoms with Crippen LogP contribution in [-0.4, -0.2) is 36.0 Å². The van der Waals surface area contributed by atoms with Crippen molar-refractivity contribution in [3.8, 4) is 0 Å². The summed E-state index contributed by atoms with van der Waals surface area (Å²) in [5, 5.41) is 16.6. The summed E-state index contributed by atoms with van der Waals surface area (Å²) in [5.41, 5.74) is 1.09. The van der Waals surface area contributed by atoms with E-state index in [1.807, 2.05) is 12.1 Å². The van der Waals surface area contributed by atoms with Gasteiger partial charge in [0.2, 0.25) is 0 Å². The molecule has 0 spiro atoms. The molecule has 0 aliphatic carbocycles. The minimum atomic E-state index is -0.336. The molecule has 0 amide bonds. The van der Waals surface area contributed by atoms with E-state index in [2.05, 4.69) is 37.6 Å². The highest BCUT2D eigenvalue weighted by Crippen LogP contribution is 2.35. The number of nitrogens with one attached hydrogen (secondary N) is 1. The molecule has 1 aliphatic rings. The lowest BCUT2D eigenvalue weighted by Crippen LogP contribution is -2.45. The molecule has 2 aromatic rings. The molecule has 3 rings (SSSR count). The van der Waals surface area contributed by atoms with Gasteiger partial charge in [0.05, 0.1) is 15.4 Å². The smallest absolute Gasteiger partial charge is 0.283 e. The predicted molar refractivity (Wildman–Crippen MR) is 91.4 cm³/mol. The van der Waals surface area contributed by atoms with Crippen molar-refractivity contribution in [2.24, 2.45) is 0 Å². The molecule has 0 radical (unpaired) electrons. The maximum Gasteiger partial charge on any atom is 0.283 e. The van der Waals surface area contributed by atoms with Gasteiger partial charge in [0.15, 0.2) is 0 Å². The largest absolute Gasteiger partial charge is 0.314 e. The maximum atomic E-state index is 11.2. The van der Waals surface area contributed by atoms with E-state index in [1.54, 1.807) is 23.5 Å². The van der Waals surface area contributed by atoms with Gasteiger partial charge in [-0.3, -0.25) is 15.0 Å². The molecule has 1 N–H and O–H groups in total. The number of halogens is 1. The third kappa shape index (κ3) is 3.22. The van der Waals surface area contributed by atoms with Gasteiger partial charge in [0, 0.05) is 37.1 Å². The van der Waals surface area contributed by atoms with Crippen LogP contribution in [0, 0.1) is 10.1 Å². The lowest BCUT2D eigenvalue weighted by molar-refractivity contribution is -0.385. The van der Waals surface area contributed by atoms with Crippen molar-refractivity contribution in [3.63, 3.8) is 0 Å². The Morgan fingerprint density at radius 3 is 2.73 bits per heavy atom. The fourth-order valence-corrected chi connectivity index (χ4v) is 4.06. The summed E-state index contributed by atoms with van der Waals surface area (Å²) in [6.45, 7) is 3.76. The minimum absolute atomic E-state index is 0.0777. The average Bonchev–Trinajstić information content (AvgIpc) is 3.04. The molecular formula is C15H16BrN3O2S. The zero-order chi connectivity index (χ0) is 15.5. The molecule has 22 heavy (non-hydrogen) atoms. The number of benzene rings is 1. The van der Waals surface area contributed by atoms with Gasteiger partial charge >= 0.3 is 0 Å². The van der Waals surface area contributed by atoms with E-state index in [0.717, 1.165) is 31.7 Å². The number of nitro benzene ring substituents is 1. The second-order valence-electron chi connectivity index (χ2n) is 5.17. The third-order valence-electron chi connectivity index (χ3n) is 3.81. The van der Waals surface area contributed by atoms with Crippen LogP contribution in [0.1, 0.15) is 16.5 Å². The molecular weight excluding hydrogens is 366 g/mol. The zero-order valence-electron chi connectivity index (χ0n) is 11.9. The molecule has 0 bridgehead atoms. The van der Waals surface area contributed by atoms with Crippen molar-refractivity contribution in [1.82, 2.24) is 10.2 Å². The average molecular weight is 382 g/mol. The van der Waals surface area contributed by atoms with Crippen LogP contribution in [0.3, 0.4) is 0 Å². The molecule has 116 valence electrons. The number of nitrogens with zero attached hydrogens (tertiary/aromatic N) is 2. The Morgan fingerprint density at radius 1 is 1.32 bits per heavy atom. The van der Waals surface area contributed by atoms with Crippen molar-refractivity contribution in [1.29, 1.82) is 0 Å². The van der Waals surface area contributed by atoms with Gasteiger partial charge in [-0.1, -0.05) is 12.1 Å². The van der Waals surface area contributed by atoms with Crippen molar-refractivity contribution in [2.75, 3.05) is 26.2 Å². The molecule has 1 fully saturated rings. The molecule has 1 aromatic heterocycles. The summed E-state index contributed by atoms with van der Waals surface area (Å²) in [5.74, 6) is 0. The van der Waals surface area contributed by atoms with E-state index in [-0.39, 0.29) is 16.7 Å². The van der Waals surface area contributed by atoms with Crippen molar-refractivity contribution in [3.05, 3.63) is 60.7 Å². The summed E-state index contributed by atoms with van der Waals surface area (Å²) >= 11 is 4.96. The first kappa shape index (κ1) is 15.6. The second-order valence-corrected chi connectivity index (χ2v) is 7.01. The highest BCUT2D eigenvalue weighted by molar-refractivity contribution is 9.10. The fraction of sp³-hybridized carbons (Fsp3) is 0.333. The molecule has 2 heterocycles. The van der Waals surface area contributed by atoms with E-state index in [4.69, 9.17) is 0 Å².